The van der Waals surface area contributed by atoms with E-state index in [1.54, 1.807) is 0 Å². The lowest BCUT2D eigenvalue weighted by Crippen LogP contribution is -2.17. The number of rotatable bonds is 2. The van der Waals surface area contributed by atoms with Crippen LogP contribution in [-0.2, 0) is 14.3 Å². The number of aliphatic carboxylic acids is 1. The lowest BCUT2D eigenvalue weighted by atomic mass is 9.95. The minimum absolute atomic E-state index is 0.141. The first-order valence-electron chi connectivity index (χ1n) is 4.75. The molecule has 4 nitrogen and oxygen atoms in total. The van der Waals surface area contributed by atoms with E-state index in [0.29, 0.717) is 5.56 Å². The maximum absolute atomic E-state index is 12.7. The van der Waals surface area contributed by atoms with Crippen molar-refractivity contribution >= 4 is 11.9 Å². The van der Waals surface area contributed by atoms with Gasteiger partial charge in [0, 0.05) is 0 Å². The normalized spacial score (nSPS) is 24.2. The Morgan fingerprint density at radius 1 is 1.38 bits per heavy atom. The van der Waals surface area contributed by atoms with Gasteiger partial charge in [-0.2, -0.15) is 0 Å². The van der Waals surface area contributed by atoms with E-state index in [2.05, 4.69) is 0 Å². The number of halogens is 1. The maximum atomic E-state index is 12.7. The van der Waals surface area contributed by atoms with Gasteiger partial charge >= 0.3 is 11.9 Å². The molecule has 1 aromatic carbocycles. The standard InChI is InChI=1S/C11H9FO4/c12-7-3-1-6(2-4-7)10-8(11(14)15)5-9(13)16-10/h1-4,8,10H,5H2,(H,14,15)/t8-,10-/m1/s1. The van der Waals surface area contributed by atoms with E-state index in [1.807, 2.05) is 0 Å². The molecule has 84 valence electrons. The van der Waals surface area contributed by atoms with E-state index in [0.717, 1.165) is 0 Å². The summed E-state index contributed by atoms with van der Waals surface area (Å²) < 4.78 is 17.6. The molecule has 0 bridgehead atoms. The molecule has 0 unspecified atom stereocenters. The van der Waals surface area contributed by atoms with Crippen LogP contribution < -0.4 is 0 Å². The summed E-state index contributed by atoms with van der Waals surface area (Å²) in [6.07, 6.45) is -0.956. The molecule has 5 heteroatoms. The zero-order valence-corrected chi connectivity index (χ0v) is 8.22. The van der Waals surface area contributed by atoms with Gasteiger partial charge in [0.1, 0.15) is 17.8 Å². The SMILES string of the molecule is O=C1C[C@@H](C(=O)O)[C@@H](c2ccc(F)cc2)O1. The zero-order valence-electron chi connectivity index (χ0n) is 8.22. The number of hydrogen-bond donors (Lipinski definition) is 1. The summed E-state index contributed by atoms with van der Waals surface area (Å²) in [7, 11) is 0. The van der Waals surface area contributed by atoms with Crippen molar-refractivity contribution < 1.29 is 23.8 Å². The molecule has 0 radical (unpaired) electrons. The molecule has 0 amide bonds. The number of carboxylic acid groups (broad SMARTS) is 1. The average molecular weight is 224 g/mol. The van der Waals surface area contributed by atoms with Crippen molar-refractivity contribution in [1.82, 2.24) is 0 Å². The van der Waals surface area contributed by atoms with Crippen molar-refractivity contribution in [2.24, 2.45) is 5.92 Å². The Balaban J connectivity index is 2.28. The van der Waals surface area contributed by atoms with E-state index in [-0.39, 0.29) is 6.42 Å². The van der Waals surface area contributed by atoms with Gasteiger partial charge < -0.3 is 9.84 Å². The second-order valence-electron chi connectivity index (χ2n) is 3.61. The van der Waals surface area contributed by atoms with Crippen molar-refractivity contribution in [2.45, 2.75) is 12.5 Å². The summed E-state index contributed by atoms with van der Waals surface area (Å²) in [5.41, 5.74) is 0.500. The molecule has 16 heavy (non-hydrogen) atoms. The molecule has 0 aromatic heterocycles. The van der Waals surface area contributed by atoms with Gasteiger partial charge in [0.2, 0.25) is 0 Å². The van der Waals surface area contributed by atoms with Crippen LogP contribution in [0.15, 0.2) is 24.3 Å². The number of benzene rings is 1. The number of cyclic esters (lactones) is 1. The Kier molecular flexibility index (Phi) is 2.60. The summed E-state index contributed by atoms with van der Waals surface area (Å²) in [6, 6.07) is 5.27. The Morgan fingerprint density at radius 3 is 2.56 bits per heavy atom. The van der Waals surface area contributed by atoms with E-state index in [9.17, 15) is 14.0 Å². The highest BCUT2D eigenvalue weighted by molar-refractivity contribution is 5.82. The predicted octanol–water partition coefficient (Wildman–Crippen LogP) is 1.51. The number of carboxylic acids is 1. The van der Waals surface area contributed by atoms with Gasteiger partial charge in [-0.15, -0.1) is 0 Å². The largest absolute Gasteiger partial charge is 0.481 e. The fourth-order valence-electron chi connectivity index (χ4n) is 1.73. The second-order valence-corrected chi connectivity index (χ2v) is 3.61. The third-order valence-electron chi connectivity index (χ3n) is 2.53. The molecule has 1 aromatic rings. The molecule has 1 aliphatic heterocycles. The summed E-state index contributed by atoms with van der Waals surface area (Å²) in [6.45, 7) is 0. The molecule has 0 saturated carbocycles. The van der Waals surface area contributed by atoms with Crippen LogP contribution in [0.4, 0.5) is 4.39 Å². The minimum Gasteiger partial charge on any atom is -0.481 e. The number of carbonyl (C=O) groups is 2. The lowest BCUT2D eigenvalue weighted by Gasteiger charge is -2.14. The number of hydrogen-bond acceptors (Lipinski definition) is 3. The first kappa shape index (κ1) is 10.6. The molecule has 1 heterocycles. The third kappa shape index (κ3) is 1.88. The van der Waals surface area contributed by atoms with E-state index >= 15 is 0 Å². The highest BCUT2D eigenvalue weighted by Crippen LogP contribution is 2.35. The van der Waals surface area contributed by atoms with Crippen LogP contribution in [0.1, 0.15) is 18.1 Å². The van der Waals surface area contributed by atoms with Crippen LogP contribution in [0, 0.1) is 11.7 Å². The Morgan fingerprint density at radius 2 is 2.00 bits per heavy atom. The number of esters is 1. The topological polar surface area (TPSA) is 63.6 Å². The smallest absolute Gasteiger partial charge is 0.311 e. The van der Waals surface area contributed by atoms with Crippen LogP contribution in [-0.4, -0.2) is 17.0 Å². The van der Waals surface area contributed by atoms with Crippen LogP contribution in [0.25, 0.3) is 0 Å². The fourth-order valence-corrected chi connectivity index (χ4v) is 1.73. The van der Waals surface area contributed by atoms with Gasteiger partial charge in [0.05, 0.1) is 6.42 Å². The fraction of sp³-hybridized carbons (Fsp3) is 0.273. The summed E-state index contributed by atoms with van der Waals surface area (Å²) >= 11 is 0. The highest BCUT2D eigenvalue weighted by atomic mass is 19.1. The van der Waals surface area contributed by atoms with E-state index < -0.39 is 29.8 Å². The first-order valence-corrected chi connectivity index (χ1v) is 4.75. The quantitative estimate of drug-likeness (QED) is 0.773. The van der Waals surface area contributed by atoms with Gasteiger partial charge in [-0.3, -0.25) is 9.59 Å². The molecular formula is C11H9FO4. The van der Waals surface area contributed by atoms with Crippen molar-refractivity contribution in [2.75, 3.05) is 0 Å². The summed E-state index contributed by atoms with van der Waals surface area (Å²) in [4.78, 5) is 21.9. The number of ether oxygens (including phenoxy) is 1. The monoisotopic (exact) mass is 224 g/mol. The first-order chi connectivity index (χ1) is 7.58. The molecule has 0 aliphatic carbocycles. The molecule has 1 aliphatic rings. The van der Waals surface area contributed by atoms with Crippen LogP contribution in [0.2, 0.25) is 0 Å². The van der Waals surface area contributed by atoms with Gasteiger partial charge in [0.15, 0.2) is 0 Å². The van der Waals surface area contributed by atoms with E-state index in [4.69, 9.17) is 9.84 Å². The number of carbonyl (C=O) groups excluding carboxylic acids is 1. The summed E-state index contributed by atoms with van der Waals surface area (Å²) in [5, 5.41) is 8.91. The van der Waals surface area contributed by atoms with Gasteiger partial charge in [-0.1, -0.05) is 12.1 Å². The van der Waals surface area contributed by atoms with Crippen LogP contribution >= 0.6 is 0 Å². The molecule has 1 N–H and O–H groups in total. The molecule has 0 spiro atoms. The Bertz CT molecular complexity index is 426. The van der Waals surface area contributed by atoms with Crippen molar-refractivity contribution in [3.05, 3.63) is 35.6 Å². The minimum atomic E-state index is -1.08. The summed E-state index contributed by atoms with van der Waals surface area (Å²) in [5.74, 6) is -2.93. The maximum Gasteiger partial charge on any atom is 0.311 e. The molecular weight excluding hydrogens is 215 g/mol. The predicted molar refractivity (Wildman–Crippen MR) is 51.0 cm³/mol. The van der Waals surface area contributed by atoms with E-state index in [1.165, 1.54) is 24.3 Å². The van der Waals surface area contributed by atoms with Crippen LogP contribution in [0.3, 0.4) is 0 Å². The van der Waals surface area contributed by atoms with Crippen molar-refractivity contribution in [1.29, 1.82) is 0 Å². The highest BCUT2D eigenvalue weighted by Gasteiger charge is 2.40. The third-order valence-corrected chi connectivity index (χ3v) is 2.53. The molecule has 2 rings (SSSR count). The molecule has 1 fully saturated rings. The Hall–Kier alpha value is -1.91. The van der Waals surface area contributed by atoms with Crippen molar-refractivity contribution in [3.63, 3.8) is 0 Å². The zero-order chi connectivity index (χ0) is 11.7. The van der Waals surface area contributed by atoms with Crippen molar-refractivity contribution in [3.8, 4) is 0 Å². The van der Waals surface area contributed by atoms with Gasteiger partial charge in [-0.25, -0.2) is 4.39 Å². The van der Waals surface area contributed by atoms with Gasteiger partial charge in [0.25, 0.3) is 0 Å². The molecule has 2 atom stereocenters. The van der Waals surface area contributed by atoms with Crippen LogP contribution in [0.5, 0.6) is 0 Å². The second kappa shape index (κ2) is 3.92. The average Bonchev–Trinajstić information content (AvgIpc) is 2.61. The van der Waals surface area contributed by atoms with Gasteiger partial charge in [-0.05, 0) is 17.7 Å². The molecule has 1 saturated heterocycles. The lowest BCUT2D eigenvalue weighted by molar-refractivity contribution is -0.144. The Labute approximate surface area is 90.6 Å².